The van der Waals surface area contributed by atoms with E-state index in [-0.39, 0.29) is 5.97 Å². The van der Waals surface area contributed by atoms with Gasteiger partial charge in [0.2, 0.25) is 0 Å². The molecule has 0 aliphatic carbocycles. The van der Waals surface area contributed by atoms with Crippen LogP contribution in [0.25, 0.3) is 21.9 Å². The van der Waals surface area contributed by atoms with E-state index in [1.54, 1.807) is 30.7 Å². The zero-order chi connectivity index (χ0) is 23.3. The molecule has 3 aromatic heterocycles. The average Bonchev–Trinajstić information content (AvgIpc) is 3.25. The molecule has 1 aliphatic rings. The van der Waals surface area contributed by atoms with E-state index in [9.17, 15) is 4.79 Å². The quantitative estimate of drug-likeness (QED) is 0.304. The van der Waals surface area contributed by atoms with Crippen molar-refractivity contribution in [3.8, 4) is 0 Å². The maximum Gasteiger partial charge on any atom is 0.337 e. The number of rotatable bonds is 8. The largest absolute Gasteiger partial charge is 0.465 e. The molecule has 9 nitrogen and oxygen atoms in total. The number of hydrogen-bond acceptors (Lipinski definition) is 8. The number of carbonyl (C=O) groups excluding carboxylic acids is 1. The van der Waals surface area contributed by atoms with Crippen LogP contribution in [-0.2, 0) is 11.2 Å². The van der Waals surface area contributed by atoms with Crippen molar-refractivity contribution in [2.24, 2.45) is 0 Å². The predicted molar refractivity (Wildman–Crippen MR) is 131 cm³/mol. The summed E-state index contributed by atoms with van der Waals surface area (Å²) >= 11 is 0. The first-order valence-corrected chi connectivity index (χ1v) is 11.8. The number of fused-ring (bicyclic) bond motifs is 3. The van der Waals surface area contributed by atoms with Crippen LogP contribution in [0.4, 0.5) is 5.82 Å². The number of esters is 1. The van der Waals surface area contributed by atoms with E-state index in [0.717, 1.165) is 53.0 Å². The molecule has 0 saturated carbocycles. The Morgan fingerprint density at radius 2 is 2.06 bits per heavy atom. The van der Waals surface area contributed by atoms with Gasteiger partial charge in [-0.3, -0.25) is 9.97 Å². The van der Waals surface area contributed by atoms with Crippen LogP contribution in [0.2, 0.25) is 0 Å². The Balaban J connectivity index is 1.45. The lowest BCUT2D eigenvalue weighted by molar-refractivity contribution is 0.0601. The second-order valence-electron chi connectivity index (χ2n) is 8.65. The number of piperidine rings is 1. The number of hydrogen-bond donors (Lipinski definition) is 2. The maximum atomic E-state index is 12.0. The van der Waals surface area contributed by atoms with E-state index in [1.165, 1.54) is 39.5 Å². The summed E-state index contributed by atoms with van der Waals surface area (Å²) in [5.74, 6) is 1.08. The summed E-state index contributed by atoms with van der Waals surface area (Å²) in [6, 6.07) is 5.49. The molecule has 0 amide bonds. The van der Waals surface area contributed by atoms with Crippen molar-refractivity contribution in [2.75, 3.05) is 38.6 Å². The highest BCUT2D eigenvalue weighted by Crippen LogP contribution is 2.30. The van der Waals surface area contributed by atoms with Gasteiger partial charge < -0.3 is 19.9 Å². The summed E-state index contributed by atoms with van der Waals surface area (Å²) in [7, 11) is 1.38. The third-order valence-corrected chi connectivity index (χ3v) is 6.27. The number of nitrogens with zero attached hydrogens (tertiary/aromatic N) is 5. The Kier molecular flexibility index (Phi) is 6.62. The van der Waals surface area contributed by atoms with Crippen LogP contribution in [0.3, 0.4) is 0 Å². The topological polar surface area (TPSA) is 109 Å². The first-order chi connectivity index (χ1) is 16.7. The van der Waals surface area contributed by atoms with Crippen LogP contribution in [-0.4, -0.2) is 69.1 Å². The van der Waals surface area contributed by atoms with E-state index < -0.39 is 0 Å². The molecule has 9 heteroatoms. The predicted octanol–water partition coefficient (Wildman–Crippen LogP) is 3.57. The van der Waals surface area contributed by atoms with Crippen molar-refractivity contribution in [1.82, 2.24) is 29.8 Å². The Bertz CT molecular complexity index is 1280. The van der Waals surface area contributed by atoms with Crippen LogP contribution in [0, 0.1) is 0 Å². The molecule has 0 atom stereocenters. The molecule has 0 spiro atoms. The van der Waals surface area contributed by atoms with Crippen LogP contribution >= 0.6 is 0 Å². The second-order valence-corrected chi connectivity index (χ2v) is 8.65. The highest BCUT2D eigenvalue weighted by atomic mass is 16.5. The van der Waals surface area contributed by atoms with Gasteiger partial charge in [-0.2, -0.15) is 0 Å². The number of H-pyrrole nitrogens is 1. The zero-order valence-electron chi connectivity index (χ0n) is 19.4. The summed E-state index contributed by atoms with van der Waals surface area (Å²) in [6.45, 7) is 4.31. The van der Waals surface area contributed by atoms with Gasteiger partial charge in [-0.05, 0) is 51.0 Å². The SMILES string of the molecule is COC(=O)c1ccc2c(c1)[nH]c1nc(Cc3cnccn3)nc(NCCCN3CCCCC3)c12. The number of anilines is 1. The van der Waals surface area contributed by atoms with Crippen molar-refractivity contribution >= 4 is 33.7 Å². The molecular weight excluding hydrogens is 430 g/mol. The number of likely N-dealkylation sites (tertiary alicyclic amines) is 1. The summed E-state index contributed by atoms with van der Waals surface area (Å²) in [5, 5.41) is 5.44. The molecule has 5 rings (SSSR count). The lowest BCUT2D eigenvalue weighted by Gasteiger charge is -2.26. The number of methoxy groups -OCH3 is 1. The smallest absolute Gasteiger partial charge is 0.337 e. The van der Waals surface area contributed by atoms with Crippen molar-refractivity contribution in [3.05, 3.63) is 53.9 Å². The lowest BCUT2D eigenvalue weighted by Crippen LogP contribution is -2.31. The Morgan fingerprint density at radius 3 is 2.85 bits per heavy atom. The summed E-state index contributed by atoms with van der Waals surface area (Å²) in [4.78, 5) is 36.1. The van der Waals surface area contributed by atoms with Crippen LogP contribution < -0.4 is 5.32 Å². The number of nitrogens with one attached hydrogen (secondary N) is 2. The fourth-order valence-corrected chi connectivity index (χ4v) is 4.57. The number of benzene rings is 1. The molecule has 34 heavy (non-hydrogen) atoms. The Hall–Kier alpha value is -3.59. The fourth-order valence-electron chi connectivity index (χ4n) is 4.57. The average molecular weight is 460 g/mol. The van der Waals surface area contributed by atoms with Gasteiger partial charge in [0.25, 0.3) is 0 Å². The van der Waals surface area contributed by atoms with Crippen LogP contribution in [0.1, 0.15) is 47.6 Å². The molecule has 2 N–H and O–H groups in total. The van der Waals surface area contributed by atoms with Crippen molar-refractivity contribution in [2.45, 2.75) is 32.1 Å². The number of carbonyl (C=O) groups is 1. The molecule has 176 valence electrons. The van der Waals surface area contributed by atoms with Gasteiger partial charge >= 0.3 is 5.97 Å². The lowest BCUT2D eigenvalue weighted by atomic mass is 10.1. The van der Waals surface area contributed by atoms with Gasteiger partial charge in [-0.15, -0.1) is 0 Å². The maximum absolute atomic E-state index is 12.0. The standard InChI is InChI=1S/C25H29N7O2/c1-34-25(33)17-6-7-19-20(14-17)29-24-22(19)23(28-8-5-13-32-11-3-2-4-12-32)30-21(31-24)15-18-16-26-9-10-27-18/h6-7,9-10,14,16H,2-5,8,11-13,15H2,1H3,(H2,28,29,30,31). The van der Waals surface area contributed by atoms with E-state index in [1.807, 2.05) is 6.07 Å². The molecular formula is C25H29N7O2. The first-order valence-electron chi connectivity index (χ1n) is 11.8. The normalized spacial score (nSPS) is 14.5. The van der Waals surface area contributed by atoms with Gasteiger partial charge in [-0.1, -0.05) is 12.5 Å². The highest BCUT2D eigenvalue weighted by Gasteiger charge is 2.17. The summed E-state index contributed by atoms with van der Waals surface area (Å²) in [5.41, 5.74) is 2.84. The zero-order valence-corrected chi connectivity index (χ0v) is 19.4. The molecule has 0 radical (unpaired) electrons. The van der Waals surface area contributed by atoms with Gasteiger partial charge in [0.05, 0.1) is 30.2 Å². The molecule has 0 unspecified atom stereocenters. The van der Waals surface area contributed by atoms with Crippen LogP contribution in [0.5, 0.6) is 0 Å². The highest BCUT2D eigenvalue weighted by molar-refractivity contribution is 6.12. The van der Waals surface area contributed by atoms with E-state index in [2.05, 4.69) is 25.2 Å². The van der Waals surface area contributed by atoms with E-state index >= 15 is 0 Å². The van der Waals surface area contributed by atoms with E-state index in [4.69, 9.17) is 14.7 Å². The Morgan fingerprint density at radius 1 is 1.18 bits per heavy atom. The summed E-state index contributed by atoms with van der Waals surface area (Å²) < 4.78 is 4.87. The minimum Gasteiger partial charge on any atom is -0.465 e. The van der Waals surface area contributed by atoms with Gasteiger partial charge in [0.15, 0.2) is 0 Å². The summed E-state index contributed by atoms with van der Waals surface area (Å²) in [6.07, 6.45) is 10.5. The molecule has 1 fully saturated rings. The molecule has 4 aromatic rings. The molecule has 0 bridgehead atoms. The molecule has 4 heterocycles. The molecule has 1 saturated heterocycles. The number of ether oxygens (including phenoxy) is 1. The fraction of sp³-hybridized carbons (Fsp3) is 0.400. The first kappa shape index (κ1) is 22.2. The Labute approximate surface area is 198 Å². The minimum absolute atomic E-state index is 0.369. The third-order valence-electron chi connectivity index (χ3n) is 6.27. The van der Waals surface area contributed by atoms with E-state index in [0.29, 0.717) is 17.8 Å². The van der Waals surface area contributed by atoms with Crippen molar-refractivity contribution in [3.63, 3.8) is 0 Å². The second kappa shape index (κ2) is 10.1. The number of aromatic amines is 1. The molecule has 1 aromatic carbocycles. The molecule has 1 aliphatic heterocycles. The minimum atomic E-state index is -0.369. The van der Waals surface area contributed by atoms with Crippen molar-refractivity contribution < 1.29 is 9.53 Å². The van der Waals surface area contributed by atoms with Gasteiger partial charge in [0, 0.05) is 36.0 Å². The van der Waals surface area contributed by atoms with Crippen molar-refractivity contribution in [1.29, 1.82) is 0 Å². The number of aromatic nitrogens is 5. The third kappa shape index (κ3) is 4.84. The van der Waals surface area contributed by atoms with Crippen LogP contribution in [0.15, 0.2) is 36.8 Å². The van der Waals surface area contributed by atoms with Gasteiger partial charge in [-0.25, -0.2) is 14.8 Å². The monoisotopic (exact) mass is 459 g/mol. The van der Waals surface area contributed by atoms with Gasteiger partial charge in [0.1, 0.15) is 17.3 Å².